The second kappa shape index (κ2) is 9.66. The van der Waals surface area contributed by atoms with E-state index in [-0.39, 0.29) is 31.9 Å². The van der Waals surface area contributed by atoms with Crippen LogP contribution in [0.5, 0.6) is 5.75 Å². The number of halogens is 1. The zero-order chi connectivity index (χ0) is 20.7. The van der Waals surface area contributed by atoms with Crippen molar-refractivity contribution in [3.63, 3.8) is 0 Å². The Bertz CT molecular complexity index is 909. The molecule has 0 bridgehead atoms. The topological polar surface area (TPSA) is 72.9 Å². The van der Waals surface area contributed by atoms with Crippen LogP contribution >= 0.6 is 0 Å². The molecule has 0 saturated heterocycles. The Morgan fingerprint density at radius 1 is 1.04 bits per heavy atom. The predicted octanol–water partition coefficient (Wildman–Crippen LogP) is 3.40. The van der Waals surface area contributed by atoms with Crippen LogP contribution in [0.3, 0.4) is 0 Å². The van der Waals surface area contributed by atoms with E-state index in [4.69, 9.17) is 9.47 Å². The summed E-state index contributed by atoms with van der Waals surface area (Å²) in [6, 6.07) is 10.6. The molecule has 0 amide bonds. The number of carbonyl (C=O) groups is 1. The summed E-state index contributed by atoms with van der Waals surface area (Å²) in [7, 11) is -4.03. The monoisotopic (exact) mass is 409 g/mol. The molecule has 152 valence electrons. The molecule has 0 fully saturated rings. The van der Waals surface area contributed by atoms with Gasteiger partial charge in [-0.15, -0.1) is 0 Å². The van der Waals surface area contributed by atoms with Crippen molar-refractivity contribution in [3.8, 4) is 5.75 Å². The number of hydrogen-bond acceptors (Lipinski definition) is 5. The zero-order valence-corrected chi connectivity index (χ0v) is 17.0. The molecule has 2 aromatic rings. The highest BCUT2D eigenvalue weighted by molar-refractivity contribution is 7.89. The second-order valence-electron chi connectivity index (χ2n) is 6.03. The van der Waals surface area contributed by atoms with E-state index in [2.05, 4.69) is 0 Å². The van der Waals surface area contributed by atoms with Gasteiger partial charge in [0.2, 0.25) is 10.0 Å². The Morgan fingerprint density at radius 2 is 1.68 bits per heavy atom. The van der Waals surface area contributed by atoms with Crippen molar-refractivity contribution < 1.29 is 27.1 Å². The minimum Gasteiger partial charge on any atom is -0.490 e. The molecule has 0 unspecified atom stereocenters. The van der Waals surface area contributed by atoms with Gasteiger partial charge in [-0.25, -0.2) is 17.6 Å². The van der Waals surface area contributed by atoms with Crippen LogP contribution in [0.1, 0.15) is 29.8 Å². The highest BCUT2D eigenvalue weighted by Gasteiger charge is 2.26. The third kappa shape index (κ3) is 5.30. The van der Waals surface area contributed by atoms with E-state index in [0.29, 0.717) is 5.75 Å². The lowest BCUT2D eigenvalue weighted by Crippen LogP contribution is -2.31. The molecule has 6 nitrogen and oxygen atoms in total. The van der Waals surface area contributed by atoms with Crippen molar-refractivity contribution in [2.24, 2.45) is 0 Å². The van der Waals surface area contributed by atoms with Gasteiger partial charge in [0.25, 0.3) is 0 Å². The first-order valence-electron chi connectivity index (χ1n) is 8.95. The van der Waals surface area contributed by atoms with Crippen LogP contribution in [0.15, 0.2) is 47.4 Å². The zero-order valence-electron chi connectivity index (χ0n) is 16.1. The van der Waals surface area contributed by atoms with Crippen molar-refractivity contribution >= 4 is 16.0 Å². The Hall–Kier alpha value is -2.45. The number of carbonyl (C=O) groups excluding carboxylic acids is 1. The quantitative estimate of drug-likeness (QED) is 0.469. The summed E-state index contributed by atoms with van der Waals surface area (Å²) < 4.78 is 50.9. The van der Waals surface area contributed by atoms with E-state index in [9.17, 15) is 17.6 Å². The van der Waals surface area contributed by atoms with Crippen molar-refractivity contribution in [2.45, 2.75) is 25.7 Å². The minimum absolute atomic E-state index is 0.0256. The molecular weight excluding hydrogens is 385 g/mol. The summed E-state index contributed by atoms with van der Waals surface area (Å²) in [5.41, 5.74) is 1.06. The number of rotatable bonds is 9. The third-order valence-electron chi connectivity index (χ3n) is 4.10. The molecular formula is C20H24FNO5S. The molecule has 0 saturated carbocycles. The second-order valence-corrected chi connectivity index (χ2v) is 7.94. The van der Waals surface area contributed by atoms with Crippen LogP contribution in [-0.2, 0) is 14.8 Å². The molecule has 0 spiro atoms. The summed E-state index contributed by atoms with van der Waals surface area (Å²) in [5, 5.41) is 0. The molecule has 0 aliphatic rings. The standard InChI is InChI=1S/C20H24FNO5S/c1-4-22(5-2)28(24,25)19-14-16(8-11-18(19)21)20(23)27-13-12-26-17-9-6-15(3)7-10-17/h6-11,14H,4-5,12-13H2,1-3H3. The highest BCUT2D eigenvalue weighted by atomic mass is 32.2. The number of hydrogen-bond donors (Lipinski definition) is 0. The van der Waals surface area contributed by atoms with Crippen molar-refractivity contribution in [1.29, 1.82) is 0 Å². The number of sulfonamides is 1. The van der Waals surface area contributed by atoms with E-state index < -0.39 is 26.7 Å². The van der Waals surface area contributed by atoms with Crippen LogP contribution in [0.25, 0.3) is 0 Å². The van der Waals surface area contributed by atoms with Gasteiger partial charge < -0.3 is 9.47 Å². The predicted molar refractivity (Wildman–Crippen MR) is 103 cm³/mol. The molecule has 0 aliphatic carbocycles. The summed E-state index contributed by atoms with van der Waals surface area (Å²) in [4.78, 5) is 11.7. The lowest BCUT2D eigenvalue weighted by molar-refractivity contribution is 0.0450. The first-order valence-corrected chi connectivity index (χ1v) is 10.4. The van der Waals surface area contributed by atoms with Gasteiger partial charge in [-0.1, -0.05) is 31.5 Å². The molecule has 0 atom stereocenters. The smallest absolute Gasteiger partial charge is 0.338 e. The number of benzene rings is 2. The fraction of sp³-hybridized carbons (Fsp3) is 0.350. The highest BCUT2D eigenvalue weighted by Crippen LogP contribution is 2.21. The van der Waals surface area contributed by atoms with Gasteiger partial charge in [0.15, 0.2) is 0 Å². The molecule has 2 rings (SSSR count). The van der Waals surface area contributed by atoms with Crippen molar-refractivity contribution in [3.05, 3.63) is 59.4 Å². The average molecular weight is 409 g/mol. The largest absolute Gasteiger partial charge is 0.490 e. The fourth-order valence-electron chi connectivity index (χ4n) is 2.54. The molecule has 8 heteroatoms. The maximum atomic E-state index is 14.1. The summed E-state index contributed by atoms with van der Waals surface area (Å²) >= 11 is 0. The van der Waals surface area contributed by atoms with Gasteiger partial charge >= 0.3 is 5.97 Å². The average Bonchev–Trinajstić information content (AvgIpc) is 2.67. The van der Waals surface area contributed by atoms with Crippen LogP contribution in [-0.4, -0.2) is 45.0 Å². The molecule has 0 heterocycles. The molecule has 0 N–H and O–H groups in total. The van der Waals surface area contributed by atoms with Gasteiger partial charge in [-0.2, -0.15) is 4.31 Å². The third-order valence-corrected chi connectivity index (χ3v) is 6.16. The van der Waals surface area contributed by atoms with Crippen LogP contribution in [0.2, 0.25) is 0 Å². The lowest BCUT2D eigenvalue weighted by Gasteiger charge is -2.19. The first kappa shape index (κ1) is 21.8. The Kier molecular flexibility index (Phi) is 7.53. The maximum Gasteiger partial charge on any atom is 0.338 e. The minimum atomic E-state index is -4.03. The first-order chi connectivity index (χ1) is 13.3. The molecule has 2 aromatic carbocycles. The Balaban J connectivity index is 2.02. The summed E-state index contributed by atoms with van der Waals surface area (Å²) in [6.07, 6.45) is 0. The maximum absolute atomic E-state index is 14.1. The van der Waals surface area contributed by atoms with E-state index in [1.807, 2.05) is 31.2 Å². The van der Waals surface area contributed by atoms with Gasteiger partial charge in [-0.05, 0) is 37.3 Å². The number of esters is 1. The van der Waals surface area contributed by atoms with E-state index in [1.54, 1.807) is 13.8 Å². The van der Waals surface area contributed by atoms with Gasteiger partial charge in [0.1, 0.15) is 29.7 Å². The number of ether oxygens (including phenoxy) is 2. The Morgan fingerprint density at radius 3 is 2.29 bits per heavy atom. The molecule has 0 radical (unpaired) electrons. The van der Waals surface area contributed by atoms with E-state index in [1.165, 1.54) is 6.07 Å². The SMILES string of the molecule is CCN(CC)S(=O)(=O)c1cc(C(=O)OCCOc2ccc(C)cc2)ccc1F. The van der Waals surface area contributed by atoms with Crippen LogP contribution in [0, 0.1) is 12.7 Å². The molecule has 0 aromatic heterocycles. The number of nitrogens with zero attached hydrogens (tertiary/aromatic N) is 1. The van der Waals surface area contributed by atoms with Gasteiger partial charge in [0, 0.05) is 13.1 Å². The van der Waals surface area contributed by atoms with Gasteiger partial charge in [0.05, 0.1) is 5.56 Å². The molecule has 0 aliphatic heterocycles. The van der Waals surface area contributed by atoms with Crippen LogP contribution < -0.4 is 4.74 Å². The van der Waals surface area contributed by atoms with E-state index >= 15 is 0 Å². The lowest BCUT2D eigenvalue weighted by atomic mass is 10.2. The Labute approximate surface area is 164 Å². The van der Waals surface area contributed by atoms with Crippen molar-refractivity contribution in [2.75, 3.05) is 26.3 Å². The number of aryl methyl sites for hydroxylation is 1. The normalized spacial score (nSPS) is 11.5. The van der Waals surface area contributed by atoms with Crippen molar-refractivity contribution in [1.82, 2.24) is 4.31 Å². The molecule has 28 heavy (non-hydrogen) atoms. The summed E-state index contributed by atoms with van der Waals surface area (Å²) in [5.74, 6) is -1.01. The summed E-state index contributed by atoms with van der Waals surface area (Å²) in [6.45, 7) is 5.79. The van der Waals surface area contributed by atoms with Gasteiger partial charge in [-0.3, -0.25) is 0 Å². The van der Waals surface area contributed by atoms with Crippen LogP contribution in [0.4, 0.5) is 4.39 Å². The van der Waals surface area contributed by atoms with E-state index in [0.717, 1.165) is 22.0 Å². The fourth-order valence-corrected chi connectivity index (χ4v) is 4.09.